The summed E-state index contributed by atoms with van der Waals surface area (Å²) in [6, 6.07) is 6.37. The maximum Gasteiger partial charge on any atom is 0.0667 e. The van der Waals surface area contributed by atoms with E-state index in [2.05, 4.69) is 23.3 Å². The van der Waals surface area contributed by atoms with Gasteiger partial charge < -0.3 is 5.73 Å². The zero-order valence-electron chi connectivity index (χ0n) is 8.40. The van der Waals surface area contributed by atoms with E-state index in [1.54, 1.807) is 0 Å². The summed E-state index contributed by atoms with van der Waals surface area (Å²) in [6.45, 7) is 2.76. The third kappa shape index (κ3) is 1.77. The topological polar surface area (TPSA) is 43.3 Å². The second kappa shape index (κ2) is 3.80. The molecular formula is C11H15N3. The maximum absolute atomic E-state index is 5.48. The molecule has 0 unspecified atom stereocenters. The molecule has 74 valence electrons. The molecule has 0 aliphatic carbocycles. The lowest BCUT2D eigenvalue weighted by Gasteiger charge is -2.00. The maximum atomic E-state index is 5.48. The van der Waals surface area contributed by atoms with Gasteiger partial charge in [-0.25, -0.2) is 4.52 Å². The summed E-state index contributed by atoms with van der Waals surface area (Å²) >= 11 is 0. The van der Waals surface area contributed by atoms with Crippen LogP contribution in [0.15, 0.2) is 24.4 Å². The Labute approximate surface area is 83.5 Å². The van der Waals surface area contributed by atoms with Crippen LogP contribution in [0, 0.1) is 6.92 Å². The minimum Gasteiger partial charge on any atom is -0.330 e. The van der Waals surface area contributed by atoms with Crippen molar-refractivity contribution in [2.45, 2.75) is 19.8 Å². The van der Waals surface area contributed by atoms with E-state index >= 15 is 0 Å². The van der Waals surface area contributed by atoms with Gasteiger partial charge >= 0.3 is 0 Å². The lowest BCUT2D eigenvalue weighted by Crippen LogP contribution is -2.00. The zero-order valence-corrected chi connectivity index (χ0v) is 8.40. The number of nitrogens with zero attached hydrogens (tertiary/aromatic N) is 2. The molecule has 0 bridgehead atoms. The molecule has 0 spiro atoms. The van der Waals surface area contributed by atoms with Gasteiger partial charge in [0.05, 0.1) is 11.2 Å². The van der Waals surface area contributed by atoms with Crippen LogP contribution in [0.1, 0.15) is 17.7 Å². The van der Waals surface area contributed by atoms with Crippen molar-refractivity contribution in [1.29, 1.82) is 0 Å². The van der Waals surface area contributed by atoms with Crippen molar-refractivity contribution in [3.8, 4) is 0 Å². The number of nitrogens with two attached hydrogens (primary N) is 1. The highest BCUT2D eigenvalue weighted by atomic mass is 15.2. The second-order valence-electron chi connectivity index (χ2n) is 3.58. The van der Waals surface area contributed by atoms with Crippen LogP contribution in [0.25, 0.3) is 5.52 Å². The largest absolute Gasteiger partial charge is 0.330 e. The summed E-state index contributed by atoms with van der Waals surface area (Å²) in [6.07, 6.45) is 4.11. The standard InChI is InChI=1S/C11H15N3/c1-9-7-11-8-10(3-2-5-12)4-6-14(11)13-9/h4,6-8H,2-3,5,12H2,1H3. The molecule has 0 aromatic carbocycles. The normalized spacial score (nSPS) is 11.0. The summed E-state index contributed by atoms with van der Waals surface area (Å²) in [5.74, 6) is 0. The van der Waals surface area contributed by atoms with Gasteiger partial charge in [0.15, 0.2) is 0 Å². The van der Waals surface area contributed by atoms with Gasteiger partial charge in [-0.1, -0.05) is 0 Å². The first-order valence-corrected chi connectivity index (χ1v) is 4.94. The Morgan fingerprint density at radius 2 is 2.29 bits per heavy atom. The lowest BCUT2D eigenvalue weighted by atomic mass is 10.1. The van der Waals surface area contributed by atoms with Gasteiger partial charge in [0, 0.05) is 6.20 Å². The fourth-order valence-electron chi connectivity index (χ4n) is 1.63. The van der Waals surface area contributed by atoms with Crippen molar-refractivity contribution in [1.82, 2.24) is 9.61 Å². The van der Waals surface area contributed by atoms with Crippen LogP contribution in [-0.2, 0) is 6.42 Å². The van der Waals surface area contributed by atoms with Crippen LogP contribution in [0.2, 0.25) is 0 Å². The fraction of sp³-hybridized carbons (Fsp3) is 0.364. The minimum absolute atomic E-state index is 0.753. The third-order valence-electron chi connectivity index (χ3n) is 2.32. The van der Waals surface area contributed by atoms with Crippen molar-refractivity contribution in [2.75, 3.05) is 6.54 Å². The minimum atomic E-state index is 0.753. The summed E-state index contributed by atoms with van der Waals surface area (Å²) in [5, 5.41) is 4.33. The molecular weight excluding hydrogens is 174 g/mol. The van der Waals surface area contributed by atoms with Gasteiger partial charge in [-0.15, -0.1) is 0 Å². The second-order valence-corrected chi connectivity index (χ2v) is 3.58. The van der Waals surface area contributed by atoms with Crippen LogP contribution in [0.4, 0.5) is 0 Å². The molecule has 0 saturated heterocycles. The van der Waals surface area contributed by atoms with Gasteiger partial charge in [0.25, 0.3) is 0 Å². The monoisotopic (exact) mass is 189 g/mol. The molecule has 0 fully saturated rings. The van der Waals surface area contributed by atoms with Gasteiger partial charge in [0.2, 0.25) is 0 Å². The van der Waals surface area contributed by atoms with Crippen LogP contribution in [0.3, 0.4) is 0 Å². The van der Waals surface area contributed by atoms with E-state index in [1.807, 2.05) is 17.6 Å². The Kier molecular flexibility index (Phi) is 2.50. The highest BCUT2D eigenvalue weighted by Crippen LogP contribution is 2.10. The van der Waals surface area contributed by atoms with Crippen molar-refractivity contribution in [3.63, 3.8) is 0 Å². The molecule has 0 aliphatic heterocycles. The summed E-state index contributed by atoms with van der Waals surface area (Å²) in [5.41, 5.74) is 9.03. The van der Waals surface area contributed by atoms with Gasteiger partial charge in [0.1, 0.15) is 0 Å². The van der Waals surface area contributed by atoms with Crippen LogP contribution in [0.5, 0.6) is 0 Å². The van der Waals surface area contributed by atoms with Gasteiger partial charge in [-0.05, 0) is 50.1 Å². The number of fused-ring (bicyclic) bond motifs is 1. The highest BCUT2D eigenvalue weighted by molar-refractivity contribution is 5.49. The molecule has 0 aliphatic rings. The summed E-state index contributed by atoms with van der Waals surface area (Å²) in [7, 11) is 0. The molecule has 2 rings (SSSR count). The first kappa shape index (κ1) is 9.21. The number of hydrogen-bond acceptors (Lipinski definition) is 2. The van der Waals surface area contributed by atoms with E-state index in [1.165, 1.54) is 5.56 Å². The number of pyridine rings is 1. The molecule has 14 heavy (non-hydrogen) atoms. The highest BCUT2D eigenvalue weighted by Gasteiger charge is 1.98. The molecule has 3 nitrogen and oxygen atoms in total. The first-order valence-electron chi connectivity index (χ1n) is 4.94. The summed E-state index contributed by atoms with van der Waals surface area (Å²) in [4.78, 5) is 0. The lowest BCUT2D eigenvalue weighted by molar-refractivity contribution is 0.828. The number of aromatic nitrogens is 2. The fourth-order valence-corrected chi connectivity index (χ4v) is 1.63. The predicted molar refractivity (Wildman–Crippen MR) is 57.3 cm³/mol. The molecule has 0 atom stereocenters. The molecule has 3 heteroatoms. The molecule has 2 aromatic rings. The average molecular weight is 189 g/mol. The smallest absolute Gasteiger partial charge is 0.0667 e. The van der Waals surface area contributed by atoms with E-state index in [-0.39, 0.29) is 0 Å². The van der Waals surface area contributed by atoms with E-state index < -0.39 is 0 Å². The van der Waals surface area contributed by atoms with Crippen LogP contribution >= 0.6 is 0 Å². The number of rotatable bonds is 3. The SMILES string of the molecule is Cc1cc2cc(CCCN)ccn2n1. The average Bonchev–Trinajstić information content (AvgIpc) is 2.54. The molecule has 2 heterocycles. The Morgan fingerprint density at radius 1 is 1.43 bits per heavy atom. The van der Waals surface area contributed by atoms with E-state index in [0.29, 0.717) is 0 Å². The number of hydrogen-bond donors (Lipinski definition) is 1. The van der Waals surface area contributed by atoms with Crippen molar-refractivity contribution < 1.29 is 0 Å². The van der Waals surface area contributed by atoms with E-state index in [4.69, 9.17) is 5.73 Å². The molecule has 0 radical (unpaired) electrons. The van der Waals surface area contributed by atoms with Gasteiger partial charge in [-0.2, -0.15) is 5.10 Å². The zero-order chi connectivity index (χ0) is 9.97. The quantitative estimate of drug-likeness (QED) is 0.795. The van der Waals surface area contributed by atoms with Crippen LogP contribution in [-0.4, -0.2) is 16.2 Å². The Morgan fingerprint density at radius 3 is 3.07 bits per heavy atom. The molecule has 0 amide bonds. The molecule has 2 N–H and O–H groups in total. The van der Waals surface area contributed by atoms with Crippen LogP contribution < -0.4 is 5.73 Å². The Bertz CT molecular complexity index is 431. The third-order valence-corrected chi connectivity index (χ3v) is 2.32. The predicted octanol–water partition coefficient (Wildman–Crippen LogP) is 1.53. The Hall–Kier alpha value is -1.35. The van der Waals surface area contributed by atoms with Crippen molar-refractivity contribution in [3.05, 3.63) is 35.7 Å². The van der Waals surface area contributed by atoms with Gasteiger partial charge in [-0.3, -0.25) is 0 Å². The first-order chi connectivity index (χ1) is 6.79. The molecule has 2 aromatic heterocycles. The van der Waals surface area contributed by atoms with E-state index in [0.717, 1.165) is 30.6 Å². The number of aryl methyl sites for hydroxylation is 2. The molecule has 0 saturated carbocycles. The summed E-state index contributed by atoms with van der Waals surface area (Å²) < 4.78 is 1.90. The van der Waals surface area contributed by atoms with Crippen molar-refractivity contribution in [2.24, 2.45) is 5.73 Å². The van der Waals surface area contributed by atoms with Crippen molar-refractivity contribution >= 4 is 5.52 Å². The van der Waals surface area contributed by atoms with E-state index in [9.17, 15) is 0 Å². The Balaban J connectivity index is 2.31.